The van der Waals surface area contributed by atoms with E-state index in [0.29, 0.717) is 27.5 Å². The lowest BCUT2D eigenvalue weighted by Gasteiger charge is -2.22. The maximum absolute atomic E-state index is 13.1. The molecule has 0 saturated heterocycles. The van der Waals surface area contributed by atoms with E-state index in [4.69, 9.17) is 4.42 Å². The fraction of sp³-hybridized carbons (Fsp3) is 0.350. The number of ketones is 1. The van der Waals surface area contributed by atoms with Crippen LogP contribution in [0.2, 0.25) is 0 Å². The summed E-state index contributed by atoms with van der Waals surface area (Å²) < 4.78 is 18.4. The number of furan rings is 1. The fourth-order valence-electron chi connectivity index (χ4n) is 4.07. The summed E-state index contributed by atoms with van der Waals surface area (Å²) in [5, 5.41) is 0. The van der Waals surface area contributed by atoms with Crippen LogP contribution in [0.4, 0.5) is 0 Å². The lowest BCUT2D eigenvalue weighted by atomic mass is 9.81. The van der Waals surface area contributed by atoms with Gasteiger partial charge in [0.2, 0.25) is 5.78 Å². The van der Waals surface area contributed by atoms with Crippen LogP contribution < -0.4 is 0 Å². The van der Waals surface area contributed by atoms with Gasteiger partial charge < -0.3 is 4.42 Å². The van der Waals surface area contributed by atoms with Crippen LogP contribution >= 0.6 is 0 Å². The Hall–Kier alpha value is -1.94. The van der Waals surface area contributed by atoms with Crippen molar-refractivity contribution in [1.82, 2.24) is 0 Å². The molecule has 2 aliphatic rings. The third-order valence-electron chi connectivity index (χ3n) is 5.44. The molecule has 2 aliphatic carbocycles. The summed E-state index contributed by atoms with van der Waals surface area (Å²) >= 11 is 0. The fourth-order valence-corrected chi connectivity index (χ4v) is 5.20. The molecule has 1 fully saturated rings. The van der Waals surface area contributed by atoms with E-state index in [1.165, 1.54) is 6.26 Å². The van der Waals surface area contributed by atoms with Crippen molar-refractivity contribution in [1.29, 1.82) is 0 Å². The van der Waals surface area contributed by atoms with Crippen molar-refractivity contribution in [2.45, 2.75) is 30.1 Å². The minimum Gasteiger partial charge on any atom is -0.460 e. The van der Waals surface area contributed by atoms with Gasteiger partial charge in [-0.05, 0) is 49.3 Å². The van der Waals surface area contributed by atoms with Gasteiger partial charge in [-0.3, -0.25) is 4.79 Å². The molecule has 1 saturated carbocycles. The van der Waals surface area contributed by atoms with Crippen LogP contribution in [0, 0.1) is 30.6 Å². The second kappa shape index (κ2) is 5.85. The first-order chi connectivity index (χ1) is 11.6. The number of fused-ring (bicyclic) bond motifs is 2. The van der Waals surface area contributed by atoms with Gasteiger partial charge in [-0.1, -0.05) is 36.8 Å². The van der Waals surface area contributed by atoms with Crippen molar-refractivity contribution in [3.8, 4) is 0 Å². The number of benzene rings is 1. The Balaban J connectivity index is 1.65. The zero-order valence-corrected chi connectivity index (χ0v) is 14.6. The maximum Gasteiger partial charge on any atom is 0.203 e. The van der Waals surface area contributed by atoms with Crippen LogP contribution in [-0.4, -0.2) is 9.99 Å². The molecule has 0 radical (unpaired) electrons. The van der Waals surface area contributed by atoms with Gasteiger partial charge in [0.1, 0.15) is 0 Å². The number of allylic oxidation sites excluding steroid dienone is 2. The average molecular weight is 340 g/mol. The molecular formula is C20H20O3S. The predicted molar refractivity (Wildman–Crippen MR) is 92.3 cm³/mol. The molecule has 0 spiro atoms. The van der Waals surface area contributed by atoms with E-state index in [2.05, 4.69) is 19.1 Å². The molecule has 0 aliphatic heterocycles. The van der Waals surface area contributed by atoms with Crippen LogP contribution in [0.5, 0.6) is 0 Å². The maximum atomic E-state index is 13.1. The molecule has 124 valence electrons. The zero-order valence-electron chi connectivity index (χ0n) is 13.8. The number of hydrogen-bond acceptors (Lipinski definition) is 3. The Bertz CT molecular complexity index is 831. The highest BCUT2D eigenvalue weighted by Crippen LogP contribution is 2.49. The van der Waals surface area contributed by atoms with E-state index >= 15 is 0 Å². The van der Waals surface area contributed by atoms with Gasteiger partial charge in [-0.25, -0.2) is 4.21 Å². The Morgan fingerprint density at radius 2 is 1.83 bits per heavy atom. The molecule has 4 heteroatoms. The van der Waals surface area contributed by atoms with Crippen molar-refractivity contribution < 1.29 is 13.4 Å². The van der Waals surface area contributed by atoms with Gasteiger partial charge in [-0.2, -0.15) is 0 Å². The standard InChI is InChI=1S/C20H20O3S/c1-12-3-7-16(8-4-12)24(22)17-9-10-23-20(17)19(21)18-13(2)14-5-6-15(18)11-14/h3-10,13-15,18H,11H2,1-2H3/t13-,14+,15-,18+,24?/m1/s1. The minimum atomic E-state index is -1.40. The lowest BCUT2D eigenvalue weighted by molar-refractivity contribution is 0.0832. The molecule has 0 amide bonds. The van der Waals surface area contributed by atoms with Gasteiger partial charge in [-0.15, -0.1) is 0 Å². The normalized spacial score (nSPS) is 29.1. The van der Waals surface area contributed by atoms with E-state index in [-0.39, 0.29) is 17.5 Å². The Kier molecular flexibility index (Phi) is 3.80. The highest BCUT2D eigenvalue weighted by molar-refractivity contribution is 7.85. The molecular weight excluding hydrogens is 320 g/mol. The topological polar surface area (TPSA) is 47.3 Å². The molecule has 3 nitrogen and oxygen atoms in total. The number of carbonyl (C=O) groups is 1. The number of aryl methyl sites for hydroxylation is 1. The van der Waals surface area contributed by atoms with E-state index in [9.17, 15) is 9.00 Å². The molecule has 4 rings (SSSR count). The van der Waals surface area contributed by atoms with Gasteiger partial charge in [0, 0.05) is 10.8 Å². The van der Waals surface area contributed by atoms with E-state index in [0.717, 1.165) is 12.0 Å². The largest absolute Gasteiger partial charge is 0.460 e. The SMILES string of the molecule is Cc1ccc(S(=O)c2ccoc2C(=O)[C@H]2[C@H](C)[C@H]3C=C[C@@H]2C3)cc1. The highest BCUT2D eigenvalue weighted by atomic mass is 32.2. The van der Waals surface area contributed by atoms with E-state index in [1.54, 1.807) is 6.07 Å². The Labute approximate surface area is 144 Å². The van der Waals surface area contributed by atoms with Crippen molar-refractivity contribution in [3.05, 3.63) is 60.1 Å². The summed E-state index contributed by atoms with van der Waals surface area (Å²) in [5.74, 6) is 1.32. The molecule has 1 heterocycles. The number of carbonyl (C=O) groups excluding carboxylic acids is 1. The number of Topliss-reactive ketones (excluding diaryl/α,β-unsaturated/α-hetero) is 1. The first kappa shape index (κ1) is 15.6. The number of rotatable bonds is 4. The van der Waals surface area contributed by atoms with Crippen molar-refractivity contribution >= 4 is 16.6 Å². The highest BCUT2D eigenvalue weighted by Gasteiger charge is 2.47. The van der Waals surface area contributed by atoms with Crippen molar-refractivity contribution in [2.75, 3.05) is 0 Å². The molecule has 1 aromatic heterocycles. The molecule has 0 N–H and O–H groups in total. The Morgan fingerprint density at radius 3 is 2.50 bits per heavy atom. The summed E-state index contributed by atoms with van der Waals surface area (Å²) in [6.07, 6.45) is 6.91. The van der Waals surface area contributed by atoms with Crippen molar-refractivity contribution in [2.24, 2.45) is 23.7 Å². The van der Waals surface area contributed by atoms with Crippen molar-refractivity contribution in [3.63, 3.8) is 0 Å². The summed E-state index contributed by atoms with van der Waals surface area (Å²) in [4.78, 5) is 14.2. The molecule has 2 bridgehead atoms. The van der Waals surface area contributed by atoms with Gasteiger partial charge >= 0.3 is 0 Å². The van der Waals surface area contributed by atoms with E-state index < -0.39 is 10.8 Å². The molecule has 5 atom stereocenters. The molecule has 2 aromatic rings. The second-order valence-electron chi connectivity index (χ2n) is 6.89. The number of hydrogen-bond donors (Lipinski definition) is 0. The average Bonchev–Trinajstić information content (AvgIpc) is 3.30. The lowest BCUT2D eigenvalue weighted by Crippen LogP contribution is -2.26. The summed E-state index contributed by atoms with van der Waals surface area (Å²) in [6, 6.07) is 9.21. The van der Waals surface area contributed by atoms with Gasteiger partial charge in [0.15, 0.2) is 5.76 Å². The smallest absolute Gasteiger partial charge is 0.203 e. The zero-order chi connectivity index (χ0) is 16.8. The van der Waals surface area contributed by atoms with Gasteiger partial charge in [0.05, 0.1) is 22.0 Å². The molecule has 24 heavy (non-hydrogen) atoms. The van der Waals surface area contributed by atoms with Crippen LogP contribution in [0.1, 0.15) is 29.5 Å². The molecule has 1 aromatic carbocycles. The quantitative estimate of drug-likeness (QED) is 0.612. The predicted octanol–water partition coefficient (Wildman–Crippen LogP) is 4.40. The third-order valence-corrected chi connectivity index (χ3v) is 6.86. The van der Waals surface area contributed by atoms with Crippen LogP contribution in [0.25, 0.3) is 0 Å². The van der Waals surface area contributed by atoms with Crippen LogP contribution in [0.15, 0.2) is 63.0 Å². The monoisotopic (exact) mass is 340 g/mol. The summed E-state index contributed by atoms with van der Waals surface area (Å²) in [6.45, 7) is 4.12. The summed E-state index contributed by atoms with van der Waals surface area (Å²) in [7, 11) is -1.40. The molecule has 1 unspecified atom stereocenters. The first-order valence-corrected chi connectivity index (χ1v) is 9.49. The van der Waals surface area contributed by atoms with Crippen LogP contribution in [0.3, 0.4) is 0 Å². The van der Waals surface area contributed by atoms with Gasteiger partial charge in [0.25, 0.3) is 0 Å². The second-order valence-corrected chi connectivity index (χ2v) is 8.34. The Morgan fingerprint density at radius 1 is 1.12 bits per heavy atom. The van der Waals surface area contributed by atoms with E-state index in [1.807, 2.05) is 31.2 Å². The first-order valence-electron chi connectivity index (χ1n) is 8.34. The summed E-state index contributed by atoms with van der Waals surface area (Å²) in [5.41, 5.74) is 1.11. The van der Waals surface area contributed by atoms with Crippen LogP contribution in [-0.2, 0) is 10.8 Å². The third kappa shape index (κ3) is 2.40. The minimum absolute atomic E-state index is 0.000174.